The largest absolute Gasteiger partial charge is 0.385 e. The normalized spacial score (nSPS) is 11.7. The molecule has 0 bridgehead atoms. The summed E-state index contributed by atoms with van der Waals surface area (Å²) in [6.07, 6.45) is 1.39. The lowest BCUT2D eigenvalue weighted by Crippen LogP contribution is -2.29. The Kier molecular flexibility index (Phi) is 9.34. The van der Waals surface area contributed by atoms with Crippen LogP contribution in [-0.2, 0) is 9.53 Å². The Hall–Kier alpha value is -2.02. The fourth-order valence-electron chi connectivity index (χ4n) is 2.52. The summed E-state index contributed by atoms with van der Waals surface area (Å²) in [7, 11) is 1.62. The molecule has 2 N–H and O–H groups in total. The topological polar surface area (TPSA) is 67.4 Å². The molecule has 5 nitrogen and oxygen atoms in total. The van der Waals surface area contributed by atoms with Crippen molar-refractivity contribution in [2.45, 2.75) is 29.9 Å². The maximum absolute atomic E-state index is 12.8. The third-order valence-corrected chi connectivity index (χ3v) is 5.62. The molecule has 0 aromatic heterocycles. The van der Waals surface area contributed by atoms with Crippen molar-refractivity contribution < 1.29 is 14.3 Å². The van der Waals surface area contributed by atoms with Crippen LogP contribution in [0.4, 0.5) is 5.69 Å². The van der Waals surface area contributed by atoms with Crippen LogP contribution in [0.5, 0.6) is 0 Å². The number of para-hydroxylation sites is 1. The Balaban J connectivity index is 2.03. The summed E-state index contributed by atoms with van der Waals surface area (Å²) in [5.41, 5.74) is 0.950. The number of methoxy groups -OCH3 is 1. The lowest BCUT2D eigenvalue weighted by molar-refractivity contribution is -0.115. The molecule has 0 fully saturated rings. The number of halogens is 1. The molecule has 2 rings (SSSR count). The van der Waals surface area contributed by atoms with Gasteiger partial charge in [0.05, 0.1) is 16.5 Å². The molecule has 0 saturated heterocycles. The van der Waals surface area contributed by atoms with Crippen molar-refractivity contribution in [3.05, 3.63) is 59.1 Å². The van der Waals surface area contributed by atoms with Crippen LogP contribution in [0.2, 0.25) is 5.02 Å². The van der Waals surface area contributed by atoms with Crippen LogP contribution >= 0.6 is 23.4 Å². The first-order chi connectivity index (χ1) is 13.5. The van der Waals surface area contributed by atoms with Gasteiger partial charge in [0.2, 0.25) is 5.91 Å². The molecule has 0 aliphatic carbocycles. The highest BCUT2D eigenvalue weighted by atomic mass is 35.5. The molecule has 28 heavy (non-hydrogen) atoms. The van der Waals surface area contributed by atoms with Gasteiger partial charge in [-0.05, 0) is 49.2 Å². The number of thioether (sulfide) groups is 1. The van der Waals surface area contributed by atoms with Gasteiger partial charge in [-0.3, -0.25) is 9.59 Å². The Morgan fingerprint density at radius 1 is 1.14 bits per heavy atom. The third-order valence-electron chi connectivity index (χ3n) is 4.00. The average molecular weight is 421 g/mol. The molecule has 150 valence electrons. The quantitative estimate of drug-likeness (QED) is 0.435. The molecule has 0 aliphatic rings. The Bertz CT molecular complexity index is 783. The van der Waals surface area contributed by atoms with Crippen molar-refractivity contribution in [3.8, 4) is 0 Å². The predicted octanol–water partition coefficient (Wildman–Crippen LogP) is 4.62. The minimum Gasteiger partial charge on any atom is -0.385 e. The van der Waals surface area contributed by atoms with Gasteiger partial charge in [-0.25, -0.2) is 0 Å². The molecular weight excluding hydrogens is 396 g/mol. The molecule has 0 saturated carbocycles. The van der Waals surface area contributed by atoms with Crippen LogP contribution in [0.25, 0.3) is 0 Å². The first kappa shape index (κ1) is 22.3. The van der Waals surface area contributed by atoms with E-state index in [9.17, 15) is 9.59 Å². The molecule has 2 aromatic rings. The van der Waals surface area contributed by atoms with Crippen LogP contribution in [0.3, 0.4) is 0 Å². The fraction of sp³-hybridized carbons (Fsp3) is 0.333. The predicted molar refractivity (Wildman–Crippen MR) is 115 cm³/mol. The van der Waals surface area contributed by atoms with Crippen molar-refractivity contribution in [3.63, 3.8) is 0 Å². The highest BCUT2D eigenvalue weighted by Gasteiger charge is 2.20. The van der Waals surface area contributed by atoms with Gasteiger partial charge in [0.25, 0.3) is 5.91 Å². The summed E-state index contributed by atoms with van der Waals surface area (Å²) in [6, 6.07) is 14.4. The van der Waals surface area contributed by atoms with Crippen LogP contribution in [0.1, 0.15) is 30.1 Å². The van der Waals surface area contributed by atoms with E-state index in [1.54, 1.807) is 43.5 Å². The highest BCUT2D eigenvalue weighted by molar-refractivity contribution is 8.00. The second-order valence-electron chi connectivity index (χ2n) is 6.11. The second kappa shape index (κ2) is 11.7. The van der Waals surface area contributed by atoms with Crippen LogP contribution in [0.15, 0.2) is 53.4 Å². The SMILES string of the molecule is CC[C@H](Sc1ccc(Cl)cc1)C(=O)Nc1ccccc1C(=O)NCCCOC. The zero-order valence-corrected chi connectivity index (χ0v) is 17.6. The maximum atomic E-state index is 12.8. The van der Waals surface area contributed by atoms with Crippen molar-refractivity contribution in [2.24, 2.45) is 0 Å². The van der Waals surface area contributed by atoms with E-state index < -0.39 is 0 Å². The summed E-state index contributed by atoms with van der Waals surface area (Å²) in [6.45, 7) is 3.05. The van der Waals surface area contributed by atoms with Crippen LogP contribution in [0, 0.1) is 0 Å². The monoisotopic (exact) mass is 420 g/mol. The molecule has 0 spiro atoms. The number of carbonyl (C=O) groups is 2. The average Bonchev–Trinajstić information content (AvgIpc) is 2.71. The zero-order chi connectivity index (χ0) is 20.4. The summed E-state index contributed by atoms with van der Waals surface area (Å²) in [4.78, 5) is 26.2. The zero-order valence-electron chi connectivity index (χ0n) is 16.0. The minimum atomic E-state index is -0.279. The van der Waals surface area contributed by atoms with E-state index in [0.29, 0.717) is 35.8 Å². The smallest absolute Gasteiger partial charge is 0.253 e. The number of carbonyl (C=O) groups excluding carboxylic acids is 2. The van der Waals surface area contributed by atoms with Crippen molar-refractivity contribution >= 4 is 40.9 Å². The summed E-state index contributed by atoms with van der Waals surface area (Å²) in [5.74, 6) is -0.354. The maximum Gasteiger partial charge on any atom is 0.253 e. The lowest BCUT2D eigenvalue weighted by atomic mass is 10.1. The third kappa shape index (κ3) is 6.86. The molecule has 7 heteroatoms. The molecule has 1 atom stereocenters. The molecular formula is C21H25ClN2O3S. The molecule has 0 heterocycles. The first-order valence-electron chi connectivity index (χ1n) is 9.14. The number of nitrogens with one attached hydrogen (secondary N) is 2. The van der Waals surface area contributed by atoms with Crippen molar-refractivity contribution in [1.82, 2.24) is 5.32 Å². The van der Waals surface area contributed by atoms with Gasteiger partial charge in [0.1, 0.15) is 0 Å². The fourth-order valence-corrected chi connectivity index (χ4v) is 3.60. The second-order valence-corrected chi connectivity index (χ2v) is 7.82. The summed E-state index contributed by atoms with van der Waals surface area (Å²) >= 11 is 7.39. The highest BCUT2D eigenvalue weighted by Crippen LogP contribution is 2.28. The number of hydrogen-bond donors (Lipinski definition) is 2. The van der Waals surface area contributed by atoms with Crippen LogP contribution < -0.4 is 10.6 Å². The van der Waals surface area contributed by atoms with E-state index in [2.05, 4.69) is 10.6 Å². The number of hydrogen-bond acceptors (Lipinski definition) is 4. The van der Waals surface area contributed by atoms with E-state index in [0.717, 1.165) is 11.3 Å². The number of rotatable bonds is 10. The van der Waals surface area contributed by atoms with Crippen molar-refractivity contribution in [2.75, 3.05) is 25.6 Å². The molecule has 0 radical (unpaired) electrons. The van der Waals surface area contributed by atoms with Crippen LogP contribution in [-0.4, -0.2) is 37.3 Å². The number of amides is 2. The molecule has 2 amide bonds. The number of anilines is 1. The van der Waals surface area contributed by atoms with Gasteiger partial charge in [-0.2, -0.15) is 0 Å². The first-order valence-corrected chi connectivity index (χ1v) is 10.4. The van der Waals surface area contributed by atoms with E-state index in [-0.39, 0.29) is 17.1 Å². The Morgan fingerprint density at radius 2 is 1.86 bits per heavy atom. The van der Waals surface area contributed by atoms with Gasteiger partial charge in [-0.15, -0.1) is 11.8 Å². The van der Waals surface area contributed by atoms with Gasteiger partial charge in [-0.1, -0.05) is 30.7 Å². The number of ether oxygens (including phenoxy) is 1. The summed E-state index contributed by atoms with van der Waals surface area (Å²) in [5, 5.41) is 6.13. The minimum absolute atomic E-state index is 0.137. The van der Waals surface area contributed by atoms with E-state index in [1.165, 1.54) is 11.8 Å². The summed E-state index contributed by atoms with van der Waals surface area (Å²) < 4.78 is 4.98. The van der Waals surface area contributed by atoms with Gasteiger partial charge >= 0.3 is 0 Å². The van der Waals surface area contributed by atoms with Gasteiger partial charge in [0, 0.05) is 30.2 Å². The van der Waals surface area contributed by atoms with E-state index >= 15 is 0 Å². The molecule has 0 aliphatic heterocycles. The Labute approximate surface area is 175 Å². The lowest BCUT2D eigenvalue weighted by Gasteiger charge is -2.17. The van der Waals surface area contributed by atoms with Crippen molar-refractivity contribution in [1.29, 1.82) is 0 Å². The van der Waals surface area contributed by atoms with E-state index in [1.807, 2.05) is 19.1 Å². The van der Waals surface area contributed by atoms with Gasteiger partial charge in [0.15, 0.2) is 0 Å². The molecule has 2 aromatic carbocycles. The van der Waals surface area contributed by atoms with Gasteiger partial charge < -0.3 is 15.4 Å². The number of benzene rings is 2. The Morgan fingerprint density at radius 3 is 2.54 bits per heavy atom. The van der Waals surface area contributed by atoms with E-state index in [4.69, 9.17) is 16.3 Å². The standard InChI is InChI=1S/C21H25ClN2O3S/c1-3-19(28-16-11-9-15(22)10-12-16)21(26)24-18-8-5-4-7-17(18)20(25)23-13-6-14-27-2/h4-5,7-12,19H,3,6,13-14H2,1-2H3,(H,23,25)(H,24,26)/t19-/m0/s1. The molecule has 0 unspecified atom stereocenters.